The molecule has 3 aromatic rings. The van der Waals surface area contributed by atoms with Crippen LogP contribution in [0.4, 0.5) is 0 Å². The van der Waals surface area contributed by atoms with Gasteiger partial charge in [-0.3, -0.25) is 0 Å². The maximum Gasteiger partial charge on any atom is 0.241 e. The van der Waals surface area contributed by atoms with Gasteiger partial charge in [0.15, 0.2) is 9.84 Å². The summed E-state index contributed by atoms with van der Waals surface area (Å²) in [4.78, 5) is 0.0836. The van der Waals surface area contributed by atoms with Crippen molar-refractivity contribution in [3.8, 4) is 5.69 Å². The van der Waals surface area contributed by atoms with Crippen LogP contribution in [-0.2, 0) is 19.9 Å². The molecule has 1 N–H and O–H groups in total. The summed E-state index contributed by atoms with van der Waals surface area (Å²) in [5.74, 6) is 0. The van der Waals surface area contributed by atoms with E-state index in [-0.39, 0.29) is 9.79 Å². The molecular weight excluding hydrogens is 410 g/mol. The van der Waals surface area contributed by atoms with Crippen LogP contribution in [0.15, 0.2) is 64.4 Å². The van der Waals surface area contributed by atoms with Gasteiger partial charge in [0.25, 0.3) is 0 Å². The molecule has 0 fully saturated rings. The van der Waals surface area contributed by atoms with Crippen LogP contribution in [0.2, 0.25) is 0 Å². The molecule has 0 aliphatic heterocycles. The number of sulfone groups is 1. The fourth-order valence-electron chi connectivity index (χ4n) is 3.03. The zero-order chi connectivity index (χ0) is 21.4. The van der Waals surface area contributed by atoms with Crippen molar-refractivity contribution >= 4 is 19.9 Å². The predicted molar refractivity (Wildman–Crippen MR) is 111 cm³/mol. The molecular formula is C20H23N3O4S2. The number of aromatic nitrogens is 2. The quantitative estimate of drug-likeness (QED) is 0.644. The van der Waals surface area contributed by atoms with Gasteiger partial charge in [-0.2, -0.15) is 5.10 Å². The second-order valence-electron chi connectivity index (χ2n) is 7.02. The summed E-state index contributed by atoms with van der Waals surface area (Å²) in [5.41, 5.74) is 3.63. The third-order valence-electron chi connectivity index (χ3n) is 4.54. The van der Waals surface area contributed by atoms with Crippen LogP contribution in [0.25, 0.3) is 5.69 Å². The number of nitrogens with zero attached hydrogens (tertiary/aromatic N) is 2. The number of aryl methyl sites for hydroxylation is 2. The van der Waals surface area contributed by atoms with E-state index in [1.54, 1.807) is 6.92 Å². The van der Waals surface area contributed by atoms with Gasteiger partial charge in [0.1, 0.15) is 0 Å². The lowest BCUT2D eigenvalue weighted by molar-refractivity contribution is 0.566. The van der Waals surface area contributed by atoms with Crippen molar-refractivity contribution in [2.75, 3.05) is 6.26 Å². The van der Waals surface area contributed by atoms with Crippen LogP contribution >= 0.6 is 0 Å². The number of benzene rings is 2. The Morgan fingerprint density at radius 3 is 1.93 bits per heavy atom. The van der Waals surface area contributed by atoms with Crippen molar-refractivity contribution in [3.63, 3.8) is 0 Å². The highest BCUT2D eigenvalue weighted by Crippen LogP contribution is 2.20. The van der Waals surface area contributed by atoms with Crippen molar-refractivity contribution in [2.45, 2.75) is 36.6 Å². The van der Waals surface area contributed by atoms with Gasteiger partial charge in [0, 0.05) is 18.0 Å². The number of rotatable bonds is 6. The molecule has 1 atom stereocenters. The van der Waals surface area contributed by atoms with E-state index >= 15 is 0 Å². The number of hydrogen-bond acceptors (Lipinski definition) is 5. The minimum absolute atomic E-state index is 0.0102. The molecule has 0 saturated carbocycles. The van der Waals surface area contributed by atoms with Crippen LogP contribution in [0.3, 0.4) is 0 Å². The predicted octanol–water partition coefficient (Wildman–Crippen LogP) is 2.93. The van der Waals surface area contributed by atoms with Gasteiger partial charge < -0.3 is 0 Å². The van der Waals surface area contributed by atoms with E-state index in [9.17, 15) is 16.8 Å². The molecule has 0 saturated heterocycles. The Hall–Kier alpha value is -2.49. The van der Waals surface area contributed by atoms with Gasteiger partial charge in [-0.05, 0) is 68.8 Å². The Morgan fingerprint density at radius 1 is 0.897 bits per heavy atom. The molecule has 0 bridgehead atoms. The molecule has 0 aliphatic rings. The summed E-state index contributed by atoms with van der Waals surface area (Å²) in [7, 11) is -7.18. The largest absolute Gasteiger partial charge is 0.241 e. The molecule has 9 heteroatoms. The number of hydrogen-bond donors (Lipinski definition) is 1. The molecule has 7 nitrogen and oxygen atoms in total. The molecule has 1 aromatic heterocycles. The van der Waals surface area contributed by atoms with E-state index < -0.39 is 25.9 Å². The van der Waals surface area contributed by atoms with E-state index in [1.165, 1.54) is 24.3 Å². The van der Waals surface area contributed by atoms with Crippen LogP contribution in [0.1, 0.15) is 29.9 Å². The smallest absolute Gasteiger partial charge is 0.238 e. The molecule has 154 valence electrons. The van der Waals surface area contributed by atoms with Crippen LogP contribution in [0, 0.1) is 13.8 Å². The first-order valence-corrected chi connectivity index (χ1v) is 12.3. The van der Waals surface area contributed by atoms with Gasteiger partial charge >= 0.3 is 0 Å². The first-order valence-electron chi connectivity index (χ1n) is 8.93. The first kappa shape index (κ1) is 21.2. The molecule has 1 heterocycles. The summed E-state index contributed by atoms with van der Waals surface area (Å²) in [5, 5.41) is 4.44. The summed E-state index contributed by atoms with van der Waals surface area (Å²) >= 11 is 0. The monoisotopic (exact) mass is 433 g/mol. The Labute approximate surface area is 171 Å². The minimum atomic E-state index is -3.80. The number of nitrogens with one attached hydrogen (secondary N) is 1. The maximum atomic E-state index is 12.6. The first-order chi connectivity index (χ1) is 13.5. The molecule has 2 aromatic carbocycles. The summed E-state index contributed by atoms with van der Waals surface area (Å²) in [6, 6.07) is 14.2. The Bertz CT molecular complexity index is 1230. The molecule has 0 unspecified atom stereocenters. The van der Waals surface area contributed by atoms with Crippen molar-refractivity contribution in [1.82, 2.24) is 14.5 Å². The lowest BCUT2D eigenvalue weighted by Crippen LogP contribution is -2.27. The van der Waals surface area contributed by atoms with Crippen molar-refractivity contribution in [3.05, 3.63) is 71.5 Å². The summed E-state index contributed by atoms with van der Waals surface area (Å²) < 4.78 is 52.8. The summed E-state index contributed by atoms with van der Waals surface area (Å²) in [6.45, 7) is 5.65. The second-order valence-corrected chi connectivity index (χ2v) is 10.7. The lowest BCUT2D eigenvalue weighted by atomic mass is 10.1. The normalized spacial score (nSPS) is 13.4. The fraction of sp³-hybridized carbons (Fsp3) is 0.250. The van der Waals surface area contributed by atoms with Gasteiger partial charge in [0.05, 0.1) is 21.2 Å². The van der Waals surface area contributed by atoms with E-state index in [4.69, 9.17) is 0 Å². The number of sulfonamides is 1. The second kappa shape index (κ2) is 7.74. The third-order valence-corrected chi connectivity index (χ3v) is 7.23. The maximum absolute atomic E-state index is 12.6. The van der Waals surface area contributed by atoms with E-state index in [0.717, 1.165) is 28.9 Å². The standard InChI is InChI=1S/C20H23N3O4S2/c1-14-13-15(2)23(21-14)18-7-5-17(6-8-18)16(3)22-29(26,27)20-11-9-19(10-12-20)28(4,24)25/h5-13,16,22H,1-4H3/t16-/m0/s1. The lowest BCUT2D eigenvalue weighted by Gasteiger charge is -2.15. The van der Waals surface area contributed by atoms with Crippen molar-refractivity contribution < 1.29 is 16.8 Å². The molecule has 0 spiro atoms. The van der Waals surface area contributed by atoms with Crippen LogP contribution in [0.5, 0.6) is 0 Å². The van der Waals surface area contributed by atoms with Crippen molar-refractivity contribution in [2.24, 2.45) is 0 Å². The molecule has 0 aliphatic carbocycles. The van der Waals surface area contributed by atoms with E-state index in [2.05, 4.69) is 9.82 Å². The van der Waals surface area contributed by atoms with E-state index in [1.807, 2.05) is 48.9 Å². The van der Waals surface area contributed by atoms with Crippen molar-refractivity contribution in [1.29, 1.82) is 0 Å². The van der Waals surface area contributed by atoms with E-state index in [0.29, 0.717) is 0 Å². The zero-order valence-corrected chi connectivity index (χ0v) is 18.3. The third kappa shape index (κ3) is 4.75. The molecule has 0 amide bonds. The molecule has 3 rings (SSSR count). The Morgan fingerprint density at radius 2 is 1.45 bits per heavy atom. The Balaban J connectivity index is 1.78. The topological polar surface area (TPSA) is 98.1 Å². The highest BCUT2D eigenvalue weighted by molar-refractivity contribution is 7.90. The highest BCUT2D eigenvalue weighted by Gasteiger charge is 2.19. The van der Waals surface area contributed by atoms with Crippen LogP contribution in [-0.4, -0.2) is 32.9 Å². The fourth-order valence-corrected chi connectivity index (χ4v) is 4.89. The summed E-state index contributed by atoms with van der Waals surface area (Å²) in [6.07, 6.45) is 1.08. The molecule has 0 radical (unpaired) electrons. The zero-order valence-electron chi connectivity index (χ0n) is 16.6. The SMILES string of the molecule is Cc1cc(C)n(-c2ccc([C@H](C)NS(=O)(=O)c3ccc(S(C)(=O)=O)cc3)cc2)n1. The van der Waals surface area contributed by atoms with Gasteiger partial charge in [-0.25, -0.2) is 26.2 Å². The average molecular weight is 434 g/mol. The highest BCUT2D eigenvalue weighted by atomic mass is 32.2. The molecule has 29 heavy (non-hydrogen) atoms. The van der Waals surface area contributed by atoms with Gasteiger partial charge in [-0.1, -0.05) is 12.1 Å². The van der Waals surface area contributed by atoms with Crippen LogP contribution < -0.4 is 4.72 Å². The Kier molecular flexibility index (Phi) is 5.66. The van der Waals surface area contributed by atoms with Gasteiger partial charge in [0.2, 0.25) is 10.0 Å². The van der Waals surface area contributed by atoms with Gasteiger partial charge in [-0.15, -0.1) is 0 Å². The average Bonchev–Trinajstić information content (AvgIpc) is 2.99. The minimum Gasteiger partial charge on any atom is -0.238 e.